The van der Waals surface area contributed by atoms with E-state index in [1.165, 1.54) is 6.20 Å². The quantitative estimate of drug-likeness (QED) is 0.0926. The van der Waals surface area contributed by atoms with Crippen molar-refractivity contribution in [3.8, 4) is 22.3 Å². The maximum absolute atomic E-state index is 14.1. The Kier molecular flexibility index (Phi) is 9.30. The average molecular weight is 589 g/mol. The number of aryl methyl sites for hydroxylation is 2. The highest BCUT2D eigenvalue weighted by Gasteiger charge is 2.22. The Morgan fingerprint density at radius 3 is 1.80 bits per heavy atom. The van der Waals surface area contributed by atoms with Crippen LogP contribution in [0.5, 0.6) is 0 Å². The van der Waals surface area contributed by atoms with Gasteiger partial charge in [-0.2, -0.15) is 0 Å². The van der Waals surface area contributed by atoms with Crippen LogP contribution >= 0.6 is 0 Å². The van der Waals surface area contributed by atoms with E-state index in [2.05, 4.69) is 16.5 Å². The van der Waals surface area contributed by atoms with Gasteiger partial charge in [-0.1, -0.05) is 72.8 Å². The maximum atomic E-state index is 14.1. The highest BCUT2D eigenvalue weighted by atomic mass is 16.1. The van der Waals surface area contributed by atoms with Gasteiger partial charge in [0.15, 0.2) is 17.3 Å². The van der Waals surface area contributed by atoms with Crippen molar-refractivity contribution in [2.24, 2.45) is 0 Å². The zero-order valence-corrected chi connectivity index (χ0v) is 25.5. The number of Topliss-reactive ketones (excluding diaryl/α,β-unsaturated/α-hetero) is 1. The van der Waals surface area contributed by atoms with Crippen LogP contribution in [0.1, 0.15) is 60.3 Å². The number of carbonyl (C=O) groups excluding carboxylic acids is 3. The number of hydrogen-bond donors (Lipinski definition) is 0. The molecule has 3 aromatic carbocycles. The zero-order chi connectivity index (χ0) is 31.9. The lowest BCUT2D eigenvalue weighted by molar-refractivity contribution is 0.102. The first kappa shape index (κ1) is 30.6. The molecule has 0 radical (unpaired) electrons. The fourth-order valence-corrected chi connectivity index (χ4v) is 5.17. The summed E-state index contributed by atoms with van der Waals surface area (Å²) in [5.41, 5.74) is 7.35. The van der Waals surface area contributed by atoms with Crippen molar-refractivity contribution < 1.29 is 14.4 Å². The van der Waals surface area contributed by atoms with Gasteiger partial charge in [0, 0.05) is 58.2 Å². The van der Waals surface area contributed by atoms with E-state index in [-0.39, 0.29) is 17.3 Å². The second kappa shape index (κ2) is 13.7. The van der Waals surface area contributed by atoms with Crippen molar-refractivity contribution in [2.75, 3.05) is 0 Å². The number of carbonyl (C=O) groups is 3. The first-order valence-corrected chi connectivity index (χ1v) is 14.6. The van der Waals surface area contributed by atoms with E-state index in [4.69, 9.17) is 0 Å². The van der Waals surface area contributed by atoms with Gasteiger partial charge in [0.25, 0.3) is 0 Å². The van der Waals surface area contributed by atoms with Crippen LogP contribution in [0.4, 0.5) is 0 Å². The molecule has 0 aliphatic rings. The Balaban J connectivity index is 1.69. The van der Waals surface area contributed by atoms with E-state index in [0.717, 1.165) is 22.3 Å². The van der Waals surface area contributed by atoms with Gasteiger partial charge < -0.3 is 0 Å². The first-order valence-electron chi connectivity index (χ1n) is 14.6. The van der Waals surface area contributed by atoms with Crippen molar-refractivity contribution in [3.05, 3.63) is 179 Å². The Morgan fingerprint density at radius 2 is 1.24 bits per heavy atom. The molecule has 0 fully saturated rings. The number of ketones is 3. The van der Waals surface area contributed by atoms with E-state index in [0.29, 0.717) is 44.5 Å². The summed E-state index contributed by atoms with van der Waals surface area (Å²) in [6.45, 7) is 9.53. The summed E-state index contributed by atoms with van der Waals surface area (Å²) < 4.78 is 0. The number of nitrogens with zero attached hydrogens (tertiary/aromatic N) is 2. The van der Waals surface area contributed by atoms with Crippen molar-refractivity contribution in [1.29, 1.82) is 0 Å². The molecule has 0 saturated carbocycles. The Bertz CT molecular complexity index is 1990. The summed E-state index contributed by atoms with van der Waals surface area (Å²) >= 11 is 0. The van der Waals surface area contributed by atoms with Gasteiger partial charge in [0.1, 0.15) is 0 Å². The van der Waals surface area contributed by atoms with Crippen molar-refractivity contribution >= 4 is 17.3 Å². The smallest absolute Gasteiger partial charge is 0.195 e. The highest BCUT2D eigenvalue weighted by Crippen LogP contribution is 2.35. The van der Waals surface area contributed by atoms with E-state index in [1.54, 1.807) is 55.0 Å². The molecule has 2 aromatic heterocycles. The Hall–Kier alpha value is -5.81. The second-order valence-electron chi connectivity index (χ2n) is 10.7. The third-order valence-corrected chi connectivity index (χ3v) is 7.59. The van der Waals surface area contributed by atoms with Gasteiger partial charge >= 0.3 is 0 Å². The maximum Gasteiger partial charge on any atom is 0.195 e. The fourth-order valence-electron chi connectivity index (χ4n) is 5.17. The normalized spacial score (nSPS) is 11.4. The van der Waals surface area contributed by atoms with Gasteiger partial charge in [0.05, 0.1) is 0 Å². The lowest BCUT2D eigenvalue weighted by Crippen LogP contribution is -2.09. The summed E-state index contributed by atoms with van der Waals surface area (Å²) in [5, 5.41) is 0. The molecule has 0 saturated heterocycles. The van der Waals surface area contributed by atoms with E-state index in [9.17, 15) is 14.4 Å². The minimum Gasteiger partial charge on any atom is -0.289 e. The van der Waals surface area contributed by atoms with Gasteiger partial charge in [-0.25, -0.2) is 0 Å². The van der Waals surface area contributed by atoms with Crippen LogP contribution in [-0.4, -0.2) is 27.3 Å². The number of hydrogen-bond acceptors (Lipinski definition) is 5. The van der Waals surface area contributed by atoms with Crippen LogP contribution in [0.25, 0.3) is 22.3 Å². The Labute approximate surface area is 263 Å². The third-order valence-electron chi connectivity index (χ3n) is 7.59. The molecule has 0 bridgehead atoms. The SMILES string of the molecule is C=C/C(=C\C=C/C)C(=O)c1cc(-c2ccc(-c3ccc(C)cc3C(=O)c3cccnc3)c(C(=O)c3cccnc3)c2)ccc1C. The van der Waals surface area contributed by atoms with Crippen molar-refractivity contribution in [1.82, 2.24) is 9.97 Å². The summed E-state index contributed by atoms with van der Waals surface area (Å²) in [5.74, 6) is -0.549. The van der Waals surface area contributed by atoms with Crippen LogP contribution in [0.3, 0.4) is 0 Å². The molecule has 0 N–H and O–H groups in total. The fraction of sp³-hybridized carbons (Fsp3) is 0.0750. The second-order valence-corrected chi connectivity index (χ2v) is 10.7. The molecule has 5 aromatic rings. The number of benzene rings is 3. The summed E-state index contributed by atoms with van der Waals surface area (Å²) in [4.78, 5) is 49.6. The molecule has 220 valence electrons. The van der Waals surface area contributed by atoms with Crippen LogP contribution in [-0.2, 0) is 0 Å². The first-order chi connectivity index (χ1) is 21.8. The largest absolute Gasteiger partial charge is 0.289 e. The predicted molar refractivity (Wildman–Crippen MR) is 180 cm³/mol. The molecule has 5 rings (SSSR count). The minimum absolute atomic E-state index is 0.135. The molecule has 5 heteroatoms. The molecule has 0 aliphatic heterocycles. The van der Waals surface area contributed by atoms with Gasteiger partial charge in [-0.3, -0.25) is 24.4 Å². The van der Waals surface area contributed by atoms with Crippen LogP contribution in [0.15, 0.2) is 140 Å². The number of allylic oxidation sites excluding steroid dienone is 5. The van der Waals surface area contributed by atoms with Crippen LogP contribution < -0.4 is 0 Å². The lowest BCUT2D eigenvalue weighted by atomic mass is 9.86. The molecule has 0 spiro atoms. The number of aromatic nitrogens is 2. The molecule has 2 heterocycles. The van der Waals surface area contributed by atoms with Crippen molar-refractivity contribution in [3.63, 3.8) is 0 Å². The van der Waals surface area contributed by atoms with E-state index in [1.807, 2.05) is 87.5 Å². The third kappa shape index (κ3) is 6.58. The average Bonchev–Trinajstić information content (AvgIpc) is 3.08. The molecule has 5 nitrogen and oxygen atoms in total. The molecule has 0 unspecified atom stereocenters. The zero-order valence-electron chi connectivity index (χ0n) is 25.5. The monoisotopic (exact) mass is 588 g/mol. The standard InChI is InChI=1S/C40H32N2O3/c1-5-7-10-28(6-2)38(43)35-22-29(15-14-27(35)4)30-16-18-34(37(23-30)40(45)32-12-9-20-42-25-32)33-17-13-26(3)21-36(33)39(44)31-11-8-19-41-24-31/h5-25H,2H2,1,3-4H3/b7-5-,28-10+. The molecular weight excluding hydrogens is 556 g/mol. The molecule has 45 heavy (non-hydrogen) atoms. The number of pyridine rings is 2. The topological polar surface area (TPSA) is 77.0 Å². The molecular formula is C40H32N2O3. The van der Waals surface area contributed by atoms with Gasteiger partial charge in [-0.05, 0) is 91.1 Å². The minimum atomic E-state index is -0.230. The van der Waals surface area contributed by atoms with E-state index < -0.39 is 0 Å². The molecule has 0 atom stereocenters. The van der Waals surface area contributed by atoms with Gasteiger partial charge in [0.2, 0.25) is 0 Å². The summed E-state index contributed by atoms with van der Waals surface area (Å²) in [6, 6.07) is 23.8. The van der Waals surface area contributed by atoms with Crippen LogP contribution in [0.2, 0.25) is 0 Å². The number of rotatable bonds is 10. The van der Waals surface area contributed by atoms with Crippen molar-refractivity contribution in [2.45, 2.75) is 20.8 Å². The Morgan fingerprint density at radius 1 is 0.689 bits per heavy atom. The summed E-state index contributed by atoms with van der Waals surface area (Å²) in [6.07, 6.45) is 13.3. The van der Waals surface area contributed by atoms with E-state index >= 15 is 0 Å². The van der Waals surface area contributed by atoms with Crippen LogP contribution in [0, 0.1) is 13.8 Å². The lowest BCUT2D eigenvalue weighted by Gasteiger charge is -2.16. The molecule has 0 aliphatic carbocycles. The molecule has 0 amide bonds. The summed E-state index contributed by atoms with van der Waals surface area (Å²) in [7, 11) is 0. The van der Waals surface area contributed by atoms with Gasteiger partial charge in [-0.15, -0.1) is 0 Å². The predicted octanol–water partition coefficient (Wildman–Crippen LogP) is 8.76. The highest BCUT2D eigenvalue weighted by molar-refractivity contribution is 6.17.